The topological polar surface area (TPSA) is 60.7 Å². The van der Waals surface area contributed by atoms with E-state index in [2.05, 4.69) is 12.2 Å². The van der Waals surface area contributed by atoms with E-state index in [9.17, 15) is 4.79 Å². The van der Waals surface area contributed by atoms with Gasteiger partial charge in [0.25, 0.3) is 5.91 Å². The highest BCUT2D eigenvalue weighted by Gasteiger charge is 2.32. The van der Waals surface area contributed by atoms with Gasteiger partial charge < -0.3 is 19.2 Å². The van der Waals surface area contributed by atoms with E-state index in [0.717, 1.165) is 17.4 Å². The minimum Gasteiger partial charge on any atom is -0.451 e. The molecule has 5 heteroatoms. The zero-order valence-corrected chi connectivity index (χ0v) is 12.9. The number of hydrogen-bond donors (Lipinski definition) is 1. The zero-order chi connectivity index (χ0) is 15.6. The molecular formula is C17H21NO4. The van der Waals surface area contributed by atoms with Crippen LogP contribution in [-0.2, 0) is 9.47 Å². The first-order chi connectivity index (χ1) is 10.6. The van der Waals surface area contributed by atoms with Crippen molar-refractivity contribution in [3.8, 4) is 0 Å². The molecule has 0 unspecified atom stereocenters. The molecule has 0 saturated carbocycles. The maximum Gasteiger partial charge on any atom is 0.287 e. The Balaban J connectivity index is 1.55. The summed E-state index contributed by atoms with van der Waals surface area (Å²) in [6, 6.07) is 9.35. The fourth-order valence-electron chi connectivity index (χ4n) is 2.83. The van der Waals surface area contributed by atoms with Gasteiger partial charge in [0, 0.05) is 18.4 Å². The predicted octanol–water partition coefficient (Wildman–Crippen LogP) is 2.95. The number of carbonyl (C=O) groups excluding carboxylic acids is 1. The van der Waals surface area contributed by atoms with Crippen molar-refractivity contribution in [2.45, 2.75) is 26.1 Å². The fourth-order valence-corrected chi connectivity index (χ4v) is 2.83. The molecule has 22 heavy (non-hydrogen) atoms. The van der Waals surface area contributed by atoms with Gasteiger partial charge in [0.2, 0.25) is 0 Å². The Morgan fingerprint density at radius 2 is 2.05 bits per heavy atom. The Morgan fingerprint density at radius 3 is 2.77 bits per heavy atom. The van der Waals surface area contributed by atoms with Crippen LogP contribution >= 0.6 is 0 Å². The molecule has 0 bridgehead atoms. The summed E-state index contributed by atoms with van der Waals surface area (Å²) in [5.41, 5.74) is 0.723. The summed E-state index contributed by atoms with van der Waals surface area (Å²) >= 11 is 0. The van der Waals surface area contributed by atoms with Gasteiger partial charge in [-0.2, -0.15) is 0 Å². The molecule has 118 valence electrons. The lowest BCUT2D eigenvalue weighted by Gasteiger charge is -2.25. The molecule has 0 spiro atoms. The third-order valence-corrected chi connectivity index (χ3v) is 3.88. The summed E-state index contributed by atoms with van der Waals surface area (Å²) in [6.07, 6.45) is 0.743. The van der Waals surface area contributed by atoms with E-state index in [1.54, 1.807) is 6.07 Å². The second-order valence-corrected chi connectivity index (χ2v) is 6.00. The van der Waals surface area contributed by atoms with Gasteiger partial charge in [-0.1, -0.05) is 25.1 Å². The van der Waals surface area contributed by atoms with Gasteiger partial charge in [-0.25, -0.2) is 0 Å². The average Bonchev–Trinajstić information content (AvgIpc) is 3.10. The number of carbonyl (C=O) groups is 1. The van der Waals surface area contributed by atoms with E-state index in [0.29, 0.717) is 25.5 Å². The first-order valence-corrected chi connectivity index (χ1v) is 7.60. The van der Waals surface area contributed by atoms with Crippen LogP contribution in [0.25, 0.3) is 11.0 Å². The summed E-state index contributed by atoms with van der Waals surface area (Å²) in [5, 5.41) is 3.84. The molecule has 1 fully saturated rings. The molecule has 5 nitrogen and oxygen atoms in total. The molecule has 1 aromatic carbocycles. The molecule has 1 atom stereocenters. The highest BCUT2D eigenvalue weighted by atomic mass is 16.7. The Morgan fingerprint density at radius 1 is 1.32 bits per heavy atom. The third-order valence-electron chi connectivity index (χ3n) is 3.88. The molecule has 3 rings (SSSR count). The maximum atomic E-state index is 12.2. The molecule has 1 amide bonds. The van der Waals surface area contributed by atoms with Crippen molar-refractivity contribution in [2.24, 2.45) is 5.92 Å². The third kappa shape index (κ3) is 3.31. The normalized spacial score (nSPS) is 18.5. The second-order valence-electron chi connectivity index (χ2n) is 6.00. The van der Waals surface area contributed by atoms with Crippen LogP contribution < -0.4 is 5.32 Å². The number of hydrogen-bond acceptors (Lipinski definition) is 4. The number of ether oxygens (including phenoxy) is 2. The minimum absolute atomic E-state index is 0.193. The van der Waals surface area contributed by atoms with Gasteiger partial charge in [0.05, 0.1) is 13.2 Å². The van der Waals surface area contributed by atoms with Gasteiger partial charge in [-0.15, -0.1) is 0 Å². The van der Waals surface area contributed by atoms with Gasteiger partial charge in [-0.05, 0) is 25.0 Å². The number of rotatable bonds is 5. The van der Waals surface area contributed by atoms with E-state index in [1.165, 1.54) is 0 Å². The largest absolute Gasteiger partial charge is 0.451 e. The Hall–Kier alpha value is -1.85. The van der Waals surface area contributed by atoms with Crippen LogP contribution in [0.2, 0.25) is 0 Å². The van der Waals surface area contributed by atoms with Gasteiger partial charge >= 0.3 is 0 Å². The van der Waals surface area contributed by atoms with Crippen LogP contribution in [0.15, 0.2) is 34.7 Å². The smallest absolute Gasteiger partial charge is 0.287 e. The molecule has 1 aliphatic heterocycles. The number of nitrogens with one attached hydrogen (secondary N) is 1. The predicted molar refractivity (Wildman–Crippen MR) is 82.6 cm³/mol. The monoisotopic (exact) mass is 303 g/mol. The van der Waals surface area contributed by atoms with E-state index in [-0.39, 0.29) is 11.8 Å². The number of benzene rings is 1. The van der Waals surface area contributed by atoms with E-state index >= 15 is 0 Å². The Bertz CT molecular complexity index is 624. The van der Waals surface area contributed by atoms with E-state index in [4.69, 9.17) is 13.9 Å². The Labute approximate surface area is 129 Å². The van der Waals surface area contributed by atoms with Crippen molar-refractivity contribution in [1.82, 2.24) is 5.32 Å². The first-order valence-electron chi connectivity index (χ1n) is 7.60. The van der Waals surface area contributed by atoms with Crippen molar-refractivity contribution in [1.29, 1.82) is 0 Å². The molecule has 0 radical (unpaired) electrons. The summed E-state index contributed by atoms with van der Waals surface area (Å²) in [5.74, 6) is -0.130. The molecule has 1 aromatic heterocycles. The van der Waals surface area contributed by atoms with Crippen LogP contribution in [0.4, 0.5) is 0 Å². The fraction of sp³-hybridized carbons (Fsp3) is 0.471. The number of para-hydroxylation sites is 1. The van der Waals surface area contributed by atoms with Gasteiger partial charge in [-0.3, -0.25) is 4.79 Å². The van der Waals surface area contributed by atoms with Crippen LogP contribution in [-0.4, -0.2) is 31.5 Å². The molecule has 2 heterocycles. The summed E-state index contributed by atoms with van der Waals surface area (Å²) in [6.45, 7) is 5.83. The molecular weight excluding hydrogens is 282 g/mol. The van der Waals surface area contributed by atoms with Crippen molar-refractivity contribution in [2.75, 3.05) is 19.8 Å². The average molecular weight is 303 g/mol. The molecule has 1 aliphatic rings. The molecule has 1 saturated heterocycles. The van der Waals surface area contributed by atoms with Crippen molar-refractivity contribution in [3.63, 3.8) is 0 Å². The summed E-state index contributed by atoms with van der Waals surface area (Å²) in [7, 11) is 0. The zero-order valence-electron chi connectivity index (χ0n) is 12.9. The summed E-state index contributed by atoms with van der Waals surface area (Å²) < 4.78 is 16.7. The van der Waals surface area contributed by atoms with Crippen molar-refractivity contribution in [3.05, 3.63) is 36.1 Å². The van der Waals surface area contributed by atoms with Crippen LogP contribution in [0.1, 0.15) is 30.8 Å². The number of amides is 1. The number of fused-ring (bicyclic) bond motifs is 1. The standard InChI is InChI=1S/C17H21NO4/c1-12(10-17(2)20-7-8-21-17)11-18-16(19)15-9-13-5-3-4-6-14(13)22-15/h3-6,9,12H,7-8,10-11H2,1-2H3,(H,18,19)/t12-/m1/s1. The van der Waals surface area contributed by atoms with Gasteiger partial charge in [0.15, 0.2) is 11.5 Å². The SMILES string of the molecule is C[C@@H](CNC(=O)c1cc2ccccc2o1)CC1(C)OCCO1. The lowest BCUT2D eigenvalue weighted by molar-refractivity contribution is -0.153. The summed E-state index contributed by atoms with van der Waals surface area (Å²) in [4.78, 5) is 12.2. The number of furan rings is 1. The molecule has 0 aliphatic carbocycles. The Kier molecular flexibility index (Phi) is 4.18. The quantitative estimate of drug-likeness (QED) is 0.922. The van der Waals surface area contributed by atoms with Crippen molar-refractivity contribution >= 4 is 16.9 Å². The highest BCUT2D eigenvalue weighted by molar-refractivity contribution is 5.96. The lowest BCUT2D eigenvalue weighted by Crippen LogP contribution is -2.34. The highest BCUT2D eigenvalue weighted by Crippen LogP contribution is 2.26. The van der Waals surface area contributed by atoms with E-state index in [1.807, 2.05) is 31.2 Å². The van der Waals surface area contributed by atoms with Crippen molar-refractivity contribution < 1.29 is 18.7 Å². The van der Waals surface area contributed by atoms with E-state index < -0.39 is 5.79 Å². The van der Waals surface area contributed by atoms with Crippen LogP contribution in [0, 0.1) is 5.92 Å². The first kappa shape index (κ1) is 15.1. The minimum atomic E-state index is -0.524. The maximum absolute atomic E-state index is 12.2. The second kappa shape index (κ2) is 6.10. The van der Waals surface area contributed by atoms with Crippen LogP contribution in [0.3, 0.4) is 0 Å². The van der Waals surface area contributed by atoms with Crippen LogP contribution in [0.5, 0.6) is 0 Å². The lowest BCUT2D eigenvalue weighted by atomic mass is 10.0. The molecule has 2 aromatic rings. The van der Waals surface area contributed by atoms with Gasteiger partial charge in [0.1, 0.15) is 5.58 Å². The molecule has 1 N–H and O–H groups in total.